The minimum Gasteiger partial charge on any atom is -0.354 e. The molecule has 6 saturated heterocycles. The Morgan fingerprint density at radius 3 is 2.35 bits per heavy atom. The van der Waals surface area contributed by atoms with Gasteiger partial charge in [0, 0.05) is 63.3 Å². The molecule has 11 heteroatoms. The summed E-state index contributed by atoms with van der Waals surface area (Å²) in [6, 6.07) is 14.7. The van der Waals surface area contributed by atoms with Crippen LogP contribution in [0.1, 0.15) is 67.3 Å². The molecule has 10 nitrogen and oxygen atoms in total. The van der Waals surface area contributed by atoms with E-state index in [1.807, 2.05) is 11.0 Å². The standard InChI is InChI=1S/C38H49FN6O4/c39-30-10-8-27(9-11-30)38(49)45-25-31-22-34(45)36(47)40-16-12-29-24-42(23-26-5-2-1-3-6-26)18-13-28(29)21-35(46)43-19-14-32(15-20-43)44-17-4-7-33(44)37(48)41-31/h1-3,5-6,8-11,28-29,31-34H,4,7,12-25H2,(H,40,47)(H,41,48)/t28-,29-,31-,33-,34-/m0/s1. The Bertz CT molecular complexity index is 1500. The zero-order chi connectivity index (χ0) is 33.9. The van der Waals surface area contributed by atoms with Gasteiger partial charge in [-0.3, -0.25) is 29.0 Å². The summed E-state index contributed by atoms with van der Waals surface area (Å²) in [6.07, 6.45) is 5.92. The molecule has 6 aliphatic rings. The Kier molecular flexibility index (Phi) is 10.3. The second kappa shape index (κ2) is 15.0. The van der Waals surface area contributed by atoms with Crippen molar-refractivity contribution in [2.75, 3.05) is 45.8 Å². The van der Waals surface area contributed by atoms with Gasteiger partial charge in [0.1, 0.15) is 11.9 Å². The molecule has 0 aromatic heterocycles. The van der Waals surface area contributed by atoms with Crippen LogP contribution in [0.2, 0.25) is 0 Å². The second-order valence-electron chi connectivity index (χ2n) is 14.7. The van der Waals surface area contributed by atoms with E-state index in [9.17, 15) is 23.6 Å². The lowest BCUT2D eigenvalue weighted by Crippen LogP contribution is -2.53. The highest BCUT2D eigenvalue weighted by Gasteiger charge is 2.43. The number of rotatable bonds is 3. The van der Waals surface area contributed by atoms with Crippen molar-refractivity contribution in [2.45, 2.75) is 82.1 Å². The number of fused-ring (bicyclic) bond motifs is 7. The first-order valence-corrected chi connectivity index (χ1v) is 18.3. The van der Waals surface area contributed by atoms with Gasteiger partial charge >= 0.3 is 0 Å². The smallest absolute Gasteiger partial charge is 0.254 e. The van der Waals surface area contributed by atoms with Crippen LogP contribution < -0.4 is 10.6 Å². The van der Waals surface area contributed by atoms with Crippen molar-refractivity contribution in [3.8, 4) is 0 Å². The third-order valence-corrected chi connectivity index (χ3v) is 11.7. The van der Waals surface area contributed by atoms with E-state index >= 15 is 0 Å². The van der Waals surface area contributed by atoms with E-state index in [0.717, 1.165) is 64.7 Å². The maximum Gasteiger partial charge on any atom is 0.254 e. The number of piperidine rings is 2. The summed E-state index contributed by atoms with van der Waals surface area (Å²) in [5.74, 6) is -0.410. The molecule has 0 unspecified atom stereocenters. The average molecular weight is 673 g/mol. The van der Waals surface area contributed by atoms with Gasteiger partial charge in [0.05, 0.1) is 6.04 Å². The Morgan fingerprint density at radius 1 is 0.796 bits per heavy atom. The normalized spacial score (nSPS) is 30.5. The summed E-state index contributed by atoms with van der Waals surface area (Å²) in [5, 5.41) is 6.33. The van der Waals surface area contributed by atoms with E-state index in [-0.39, 0.29) is 60.1 Å². The Hall–Kier alpha value is -3.83. The lowest BCUT2D eigenvalue weighted by atomic mass is 9.80. The van der Waals surface area contributed by atoms with Crippen molar-refractivity contribution in [3.05, 3.63) is 71.5 Å². The van der Waals surface area contributed by atoms with E-state index in [4.69, 9.17) is 0 Å². The van der Waals surface area contributed by atoms with Crippen LogP contribution in [-0.2, 0) is 20.9 Å². The van der Waals surface area contributed by atoms with E-state index in [0.29, 0.717) is 38.0 Å². The molecule has 49 heavy (non-hydrogen) atoms. The molecular formula is C38H49FN6O4. The third-order valence-electron chi connectivity index (χ3n) is 11.7. The highest BCUT2D eigenvalue weighted by atomic mass is 19.1. The van der Waals surface area contributed by atoms with Gasteiger partial charge < -0.3 is 20.4 Å². The van der Waals surface area contributed by atoms with Gasteiger partial charge in [-0.15, -0.1) is 0 Å². The number of nitrogens with one attached hydrogen (secondary N) is 2. The lowest BCUT2D eigenvalue weighted by Gasteiger charge is -2.41. The first kappa shape index (κ1) is 33.7. The average Bonchev–Trinajstić information content (AvgIpc) is 3.78. The number of likely N-dealkylation sites (tertiary alicyclic amines) is 2. The molecule has 2 N–H and O–H groups in total. The van der Waals surface area contributed by atoms with Gasteiger partial charge in [-0.25, -0.2) is 4.39 Å². The van der Waals surface area contributed by atoms with Gasteiger partial charge in [-0.2, -0.15) is 0 Å². The van der Waals surface area contributed by atoms with E-state index in [1.54, 1.807) is 0 Å². The summed E-state index contributed by atoms with van der Waals surface area (Å²) in [6.45, 7) is 5.57. The maximum atomic E-state index is 13.8. The quantitative estimate of drug-likeness (QED) is 0.520. The number of halogens is 1. The van der Waals surface area contributed by atoms with Crippen LogP contribution in [0, 0.1) is 17.7 Å². The second-order valence-corrected chi connectivity index (χ2v) is 14.7. The van der Waals surface area contributed by atoms with Crippen LogP contribution in [0.25, 0.3) is 0 Å². The molecule has 0 aliphatic carbocycles. The van der Waals surface area contributed by atoms with E-state index in [2.05, 4.69) is 44.7 Å². The Morgan fingerprint density at radius 2 is 1.57 bits per heavy atom. The van der Waals surface area contributed by atoms with Crippen molar-refractivity contribution in [1.82, 2.24) is 30.2 Å². The molecule has 5 atom stereocenters. The van der Waals surface area contributed by atoms with Gasteiger partial charge in [-0.05, 0) is 99.7 Å². The van der Waals surface area contributed by atoms with E-state index in [1.165, 1.54) is 34.7 Å². The molecule has 6 heterocycles. The zero-order valence-corrected chi connectivity index (χ0v) is 28.3. The first-order chi connectivity index (χ1) is 23.8. The number of hydrogen-bond donors (Lipinski definition) is 2. The molecule has 0 spiro atoms. The highest BCUT2D eigenvalue weighted by molar-refractivity contribution is 5.98. The monoisotopic (exact) mass is 672 g/mol. The number of benzene rings is 2. The van der Waals surface area contributed by atoms with Crippen LogP contribution in [0.3, 0.4) is 0 Å². The fraction of sp³-hybridized carbons (Fsp3) is 0.579. The molecule has 6 fully saturated rings. The maximum absolute atomic E-state index is 13.8. The number of hydrogen-bond acceptors (Lipinski definition) is 6. The fourth-order valence-corrected chi connectivity index (χ4v) is 9.01. The van der Waals surface area contributed by atoms with Gasteiger partial charge in [0.25, 0.3) is 5.91 Å². The molecule has 2 aromatic rings. The number of carbonyl (C=O) groups is 4. The van der Waals surface area contributed by atoms with Gasteiger partial charge in [-0.1, -0.05) is 30.3 Å². The van der Waals surface area contributed by atoms with Crippen molar-refractivity contribution in [1.29, 1.82) is 0 Å². The van der Waals surface area contributed by atoms with E-state index < -0.39 is 11.9 Å². The molecule has 2 aromatic carbocycles. The largest absolute Gasteiger partial charge is 0.354 e. The summed E-state index contributed by atoms with van der Waals surface area (Å²) in [4.78, 5) is 63.3. The molecule has 6 aliphatic heterocycles. The molecule has 8 rings (SSSR count). The summed E-state index contributed by atoms with van der Waals surface area (Å²) in [7, 11) is 0. The van der Waals surface area contributed by atoms with Gasteiger partial charge in [0.15, 0.2) is 0 Å². The number of carbonyl (C=O) groups excluding carboxylic acids is 4. The van der Waals surface area contributed by atoms with Crippen LogP contribution in [0.4, 0.5) is 4.39 Å². The minimum atomic E-state index is -0.758. The highest BCUT2D eigenvalue weighted by Crippen LogP contribution is 2.33. The fourth-order valence-electron chi connectivity index (χ4n) is 9.01. The number of amides is 4. The van der Waals surface area contributed by atoms with Crippen LogP contribution in [0.15, 0.2) is 54.6 Å². The van der Waals surface area contributed by atoms with Crippen LogP contribution in [-0.4, -0.2) is 113 Å². The molecule has 262 valence electrons. The van der Waals surface area contributed by atoms with Crippen molar-refractivity contribution >= 4 is 23.6 Å². The molecule has 0 radical (unpaired) electrons. The zero-order valence-electron chi connectivity index (χ0n) is 28.3. The Balaban J connectivity index is 1.12. The predicted molar refractivity (Wildman–Crippen MR) is 183 cm³/mol. The van der Waals surface area contributed by atoms with Crippen molar-refractivity contribution < 1.29 is 23.6 Å². The SMILES string of the molecule is O=C1NCC[C@H]2CN(Cc3ccccc3)CC[C@H]2CC(=O)N2CCC(CC2)N2CCC[C@H]2C(=O)N[C@H]2C[C@@H]1N(C(=O)c1ccc(F)cc1)C2. The molecule has 4 amide bonds. The van der Waals surface area contributed by atoms with Crippen LogP contribution in [0.5, 0.6) is 0 Å². The molecular weight excluding hydrogens is 623 g/mol. The minimum absolute atomic E-state index is 0.0571. The van der Waals surface area contributed by atoms with Crippen molar-refractivity contribution in [2.24, 2.45) is 11.8 Å². The Labute approximate surface area is 288 Å². The summed E-state index contributed by atoms with van der Waals surface area (Å²) >= 11 is 0. The number of nitrogens with zero attached hydrogens (tertiary/aromatic N) is 4. The van der Waals surface area contributed by atoms with Gasteiger partial charge in [0.2, 0.25) is 17.7 Å². The van der Waals surface area contributed by atoms with Crippen LogP contribution >= 0.6 is 0 Å². The third kappa shape index (κ3) is 7.67. The predicted octanol–water partition coefficient (Wildman–Crippen LogP) is 3.03. The summed E-state index contributed by atoms with van der Waals surface area (Å²) in [5.41, 5.74) is 1.57. The molecule has 4 bridgehead atoms. The topological polar surface area (TPSA) is 105 Å². The first-order valence-electron chi connectivity index (χ1n) is 18.3. The lowest BCUT2D eigenvalue weighted by molar-refractivity contribution is -0.136. The van der Waals surface area contributed by atoms with Crippen molar-refractivity contribution in [3.63, 3.8) is 0 Å². The summed E-state index contributed by atoms with van der Waals surface area (Å²) < 4.78 is 13.7. The molecule has 0 saturated carbocycles.